The van der Waals surface area contributed by atoms with Crippen molar-refractivity contribution in [2.75, 3.05) is 0 Å². The lowest BCUT2D eigenvalue weighted by molar-refractivity contribution is 0.0909. The molecule has 0 aliphatic heterocycles. The van der Waals surface area contributed by atoms with Crippen LogP contribution in [-0.2, 0) is 0 Å². The number of hydrogen-bond acceptors (Lipinski definition) is 1. The number of hydrogen-bond donors (Lipinski definition) is 1. The Hall–Kier alpha value is -1.31. The van der Waals surface area contributed by atoms with Gasteiger partial charge in [-0.1, -0.05) is 38.5 Å². The van der Waals surface area contributed by atoms with Crippen LogP contribution >= 0.6 is 0 Å². The predicted molar refractivity (Wildman–Crippen MR) is 77.0 cm³/mol. The first-order chi connectivity index (χ1) is 8.12. The maximum atomic E-state index is 12.3. The van der Waals surface area contributed by atoms with Crippen LogP contribution < -0.4 is 5.32 Å². The Morgan fingerprint density at radius 2 is 1.56 bits per heavy atom. The molecule has 0 aliphatic carbocycles. The highest BCUT2D eigenvalue weighted by Gasteiger charge is 2.23. The first-order valence-corrected chi connectivity index (χ1v) is 6.51. The molecule has 0 fully saturated rings. The van der Waals surface area contributed by atoms with Gasteiger partial charge in [-0.05, 0) is 44.2 Å². The van der Waals surface area contributed by atoms with Crippen LogP contribution in [0.3, 0.4) is 0 Å². The Morgan fingerprint density at radius 1 is 1.11 bits per heavy atom. The fourth-order valence-electron chi connectivity index (χ4n) is 2.02. The minimum Gasteiger partial charge on any atom is -0.349 e. The van der Waals surface area contributed by atoms with Crippen LogP contribution in [0.15, 0.2) is 12.1 Å². The van der Waals surface area contributed by atoms with Gasteiger partial charge in [0.15, 0.2) is 0 Å². The van der Waals surface area contributed by atoms with E-state index in [0.29, 0.717) is 0 Å². The second kappa shape index (κ2) is 5.13. The van der Waals surface area contributed by atoms with E-state index in [2.05, 4.69) is 52.1 Å². The first-order valence-electron chi connectivity index (χ1n) is 6.51. The van der Waals surface area contributed by atoms with Crippen molar-refractivity contribution in [1.29, 1.82) is 0 Å². The molecular weight excluding hydrogens is 222 g/mol. The average Bonchev–Trinajstić information content (AvgIpc) is 2.13. The lowest BCUT2D eigenvalue weighted by atomic mass is 9.87. The van der Waals surface area contributed by atoms with E-state index in [1.807, 2.05) is 13.8 Å². The maximum Gasteiger partial charge on any atom is 0.252 e. The molecule has 0 radical (unpaired) electrons. The summed E-state index contributed by atoms with van der Waals surface area (Å²) in [5.41, 5.74) is 4.18. The van der Waals surface area contributed by atoms with E-state index in [1.165, 1.54) is 5.56 Å². The number of carbonyl (C=O) groups is 1. The standard InChI is InChI=1S/C16H25NO/c1-10-8-11(2)14(12(3)9-10)15(18)17-13(4)16(5,6)7/h8-9,13H,1-7H3,(H,17,18)/t13-/m0/s1. The topological polar surface area (TPSA) is 29.1 Å². The number of amides is 1. The van der Waals surface area contributed by atoms with Crippen LogP contribution in [0.5, 0.6) is 0 Å². The monoisotopic (exact) mass is 247 g/mol. The van der Waals surface area contributed by atoms with Crippen molar-refractivity contribution in [3.63, 3.8) is 0 Å². The molecule has 1 aromatic rings. The lowest BCUT2D eigenvalue weighted by Crippen LogP contribution is -2.41. The van der Waals surface area contributed by atoms with Gasteiger partial charge >= 0.3 is 0 Å². The second-order valence-electron chi connectivity index (χ2n) is 6.33. The molecule has 100 valence electrons. The fourth-order valence-corrected chi connectivity index (χ4v) is 2.02. The van der Waals surface area contributed by atoms with E-state index in [9.17, 15) is 4.79 Å². The molecule has 0 aliphatic rings. The molecule has 0 heterocycles. The largest absolute Gasteiger partial charge is 0.349 e. The molecule has 2 heteroatoms. The van der Waals surface area contributed by atoms with Crippen molar-refractivity contribution in [2.45, 2.75) is 54.5 Å². The highest BCUT2D eigenvalue weighted by molar-refractivity contribution is 5.97. The number of carbonyl (C=O) groups excluding carboxylic acids is 1. The van der Waals surface area contributed by atoms with Gasteiger partial charge in [-0.2, -0.15) is 0 Å². The van der Waals surface area contributed by atoms with Crippen molar-refractivity contribution in [2.24, 2.45) is 5.41 Å². The Morgan fingerprint density at radius 3 is 1.94 bits per heavy atom. The zero-order valence-electron chi connectivity index (χ0n) is 12.6. The van der Waals surface area contributed by atoms with Gasteiger partial charge in [-0.15, -0.1) is 0 Å². The second-order valence-corrected chi connectivity index (χ2v) is 6.33. The molecule has 0 saturated heterocycles. The smallest absolute Gasteiger partial charge is 0.252 e. The molecule has 0 bridgehead atoms. The molecule has 1 aromatic carbocycles. The molecule has 0 spiro atoms. The maximum absolute atomic E-state index is 12.3. The number of aryl methyl sites for hydroxylation is 3. The van der Waals surface area contributed by atoms with Gasteiger partial charge in [0, 0.05) is 11.6 Å². The van der Waals surface area contributed by atoms with Gasteiger partial charge in [-0.3, -0.25) is 4.79 Å². The summed E-state index contributed by atoms with van der Waals surface area (Å²) < 4.78 is 0. The molecule has 1 atom stereocenters. The van der Waals surface area contributed by atoms with E-state index in [-0.39, 0.29) is 17.4 Å². The number of benzene rings is 1. The van der Waals surface area contributed by atoms with Crippen LogP contribution in [0.4, 0.5) is 0 Å². The minimum absolute atomic E-state index is 0.0347. The van der Waals surface area contributed by atoms with E-state index < -0.39 is 0 Å². The van der Waals surface area contributed by atoms with Gasteiger partial charge in [0.1, 0.15) is 0 Å². The van der Waals surface area contributed by atoms with Gasteiger partial charge in [0.2, 0.25) is 0 Å². The lowest BCUT2D eigenvalue weighted by Gasteiger charge is -2.28. The van der Waals surface area contributed by atoms with Crippen molar-refractivity contribution >= 4 is 5.91 Å². The molecule has 0 unspecified atom stereocenters. The third-order valence-electron chi connectivity index (χ3n) is 3.55. The summed E-state index contributed by atoms with van der Waals surface area (Å²) >= 11 is 0. The molecule has 0 saturated carbocycles. The third-order valence-corrected chi connectivity index (χ3v) is 3.55. The van der Waals surface area contributed by atoms with Crippen molar-refractivity contribution in [3.05, 3.63) is 34.4 Å². The normalized spacial score (nSPS) is 13.3. The Labute approximate surface area is 111 Å². The van der Waals surface area contributed by atoms with E-state index in [1.54, 1.807) is 0 Å². The van der Waals surface area contributed by atoms with Crippen LogP contribution in [0, 0.1) is 26.2 Å². The average molecular weight is 247 g/mol. The molecule has 18 heavy (non-hydrogen) atoms. The van der Waals surface area contributed by atoms with E-state index >= 15 is 0 Å². The van der Waals surface area contributed by atoms with E-state index in [4.69, 9.17) is 0 Å². The highest BCUT2D eigenvalue weighted by Crippen LogP contribution is 2.21. The Kier molecular flexibility index (Phi) is 4.20. The summed E-state index contributed by atoms with van der Waals surface area (Å²) in [6.07, 6.45) is 0. The van der Waals surface area contributed by atoms with Crippen molar-refractivity contribution < 1.29 is 4.79 Å². The van der Waals surface area contributed by atoms with Crippen molar-refractivity contribution in [3.8, 4) is 0 Å². The van der Waals surface area contributed by atoms with Gasteiger partial charge in [0.05, 0.1) is 0 Å². The summed E-state index contributed by atoms with van der Waals surface area (Å²) in [6, 6.07) is 4.26. The third kappa shape index (κ3) is 3.34. The molecular formula is C16H25NO. The predicted octanol–water partition coefficient (Wildman–Crippen LogP) is 3.78. The molecule has 2 nitrogen and oxygen atoms in total. The Balaban J connectivity index is 2.99. The summed E-state index contributed by atoms with van der Waals surface area (Å²) in [5, 5.41) is 3.10. The Bertz CT molecular complexity index is 432. The summed E-state index contributed by atoms with van der Waals surface area (Å²) in [7, 11) is 0. The van der Waals surface area contributed by atoms with Gasteiger partial charge in [-0.25, -0.2) is 0 Å². The van der Waals surface area contributed by atoms with Crippen LogP contribution in [-0.4, -0.2) is 11.9 Å². The van der Waals surface area contributed by atoms with Gasteiger partial charge < -0.3 is 5.32 Å². The van der Waals surface area contributed by atoms with Crippen LogP contribution in [0.25, 0.3) is 0 Å². The number of nitrogens with one attached hydrogen (secondary N) is 1. The highest BCUT2D eigenvalue weighted by atomic mass is 16.1. The van der Waals surface area contributed by atoms with E-state index in [0.717, 1.165) is 16.7 Å². The van der Waals surface area contributed by atoms with Crippen LogP contribution in [0.2, 0.25) is 0 Å². The SMILES string of the molecule is Cc1cc(C)c(C(=O)N[C@@H](C)C(C)(C)C)c(C)c1. The summed E-state index contributed by atoms with van der Waals surface area (Å²) in [6.45, 7) is 14.5. The molecule has 1 amide bonds. The van der Waals surface area contributed by atoms with Crippen molar-refractivity contribution in [1.82, 2.24) is 5.32 Å². The molecule has 1 rings (SSSR count). The minimum atomic E-state index is 0.0347. The quantitative estimate of drug-likeness (QED) is 0.846. The summed E-state index contributed by atoms with van der Waals surface area (Å²) in [5.74, 6) is 0.0347. The zero-order valence-corrected chi connectivity index (χ0v) is 12.6. The fraction of sp³-hybridized carbons (Fsp3) is 0.562. The van der Waals surface area contributed by atoms with Crippen LogP contribution in [0.1, 0.15) is 54.7 Å². The zero-order chi connectivity index (χ0) is 14.1. The molecule has 0 aromatic heterocycles. The van der Waals surface area contributed by atoms with Gasteiger partial charge in [0.25, 0.3) is 5.91 Å². The molecule has 1 N–H and O–H groups in total. The number of rotatable bonds is 2. The summed E-state index contributed by atoms with van der Waals surface area (Å²) in [4.78, 5) is 12.3. The first kappa shape index (κ1) is 14.7.